The van der Waals surface area contributed by atoms with Crippen molar-refractivity contribution in [3.63, 3.8) is 0 Å². The van der Waals surface area contributed by atoms with Crippen LogP contribution in [0.4, 0.5) is 0 Å². The van der Waals surface area contributed by atoms with Gasteiger partial charge in [0.2, 0.25) is 0 Å². The summed E-state index contributed by atoms with van der Waals surface area (Å²) < 4.78 is 0. The van der Waals surface area contributed by atoms with Gasteiger partial charge in [0.15, 0.2) is 0 Å². The minimum Gasteiger partial charge on any atom is -0.0828 e. The molecule has 0 aromatic heterocycles. The molecular formula is C12H22. The van der Waals surface area contributed by atoms with Crippen LogP contribution in [0.2, 0.25) is 0 Å². The molecule has 0 bridgehead atoms. The van der Waals surface area contributed by atoms with Crippen molar-refractivity contribution in [1.29, 1.82) is 0 Å². The fraction of sp³-hybridized carbons (Fsp3) is 0.833. The second-order valence-corrected chi connectivity index (χ2v) is 4.49. The SMILES string of the molecule is C/C(=C\C(C)C)C1CCCCC1. The van der Waals surface area contributed by atoms with Crippen molar-refractivity contribution in [3.05, 3.63) is 11.6 Å². The van der Waals surface area contributed by atoms with Gasteiger partial charge in [0.1, 0.15) is 0 Å². The van der Waals surface area contributed by atoms with Gasteiger partial charge in [0.05, 0.1) is 0 Å². The zero-order valence-corrected chi connectivity index (χ0v) is 8.77. The summed E-state index contributed by atoms with van der Waals surface area (Å²) in [4.78, 5) is 0. The van der Waals surface area contributed by atoms with Crippen LogP contribution in [-0.4, -0.2) is 0 Å². The zero-order chi connectivity index (χ0) is 8.97. The van der Waals surface area contributed by atoms with E-state index in [4.69, 9.17) is 0 Å². The van der Waals surface area contributed by atoms with E-state index in [1.54, 1.807) is 5.57 Å². The van der Waals surface area contributed by atoms with E-state index < -0.39 is 0 Å². The molecule has 0 amide bonds. The molecular weight excluding hydrogens is 144 g/mol. The molecule has 0 saturated heterocycles. The van der Waals surface area contributed by atoms with Gasteiger partial charge in [-0.3, -0.25) is 0 Å². The molecule has 1 rings (SSSR count). The molecule has 1 fully saturated rings. The molecule has 0 heterocycles. The molecule has 0 radical (unpaired) electrons. The normalized spacial score (nSPS) is 21.8. The number of hydrogen-bond donors (Lipinski definition) is 0. The fourth-order valence-corrected chi connectivity index (χ4v) is 2.22. The third-order valence-electron chi connectivity index (χ3n) is 2.85. The van der Waals surface area contributed by atoms with E-state index in [2.05, 4.69) is 26.8 Å². The summed E-state index contributed by atoms with van der Waals surface area (Å²) in [5.74, 6) is 1.65. The lowest BCUT2D eigenvalue weighted by atomic mass is 9.83. The first-order chi connectivity index (χ1) is 5.70. The van der Waals surface area contributed by atoms with Gasteiger partial charge < -0.3 is 0 Å². The van der Waals surface area contributed by atoms with Gasteiger partial charge in [0, 0.05) is 0 Å². The maximum atomic E-state index is 2.44. The van der Waals surface area contributed by atoms with Crippen molar-refractivity contribution in [3.8, 4) is 0 Å². The highest BCUT2D eigenvalue weighted by Gasteiger charge is 2.14. The minimum absolute atomic E-state index is 0.729. The monoisotopic (exact) mass is 166 g/mol. The predicted octanol–water partition coefficient (Wildman–Crippen LogP) is 4.17. The lowest BCUT2D eigenvalue weighted by Crippen LogP contribution is -2.07. The van der Waals surface area contributed by atoms with Crippen molar-refractivity contribution >= 4 is 0 Å². The van der Waals surface area contributed by atoms with Crippen LogP contribution in [0.15, 0.2) is 11.6 Å². The molecule has 1 aliphatic rings. The van der Waals surface area contributed by atoms with Crippen molar-refractivity contribution in [2.24, 2.45) is 11.8 Å². The third kappa shape index (κ3) is 3.00. The highest BCUT2D eigenvalue weighted by atomic mass is 14.2. The zero-order valence-electron chi connectivity index (χ0n) is 8.77. The second kappa shape index (κ2) is 4.69. The van der Waals surface area contributed by atoms with E-state index in [-0.39, 0.29) is 0 Å². The van der Waals surface area contributed by atoms with Gasteiger partial charge in [-0.2, -0.15) is 0 Å². The molecule has 0 atom stereocenters. The van der Waals surface area contributed by atoms with Gasteiger partial charge in [-0.1, -0.05) is 44.8 Å². The summed E-state index contributed by atoms with van der Waals surface area (Å²) in [5.41, 5.74) is 1.64. The minimum atomic E-state index is 0.729. The molecule has 0 heteroatoms. The molecule has 0 aromatic carbocycles. The highest BCUT2D eigenvalue weighted by molar-refractivity contribution is 5.05. The van der Waals surface area contributed by atoms with Crippen molar-refractivity contribution in [2.75, 3.05) is 0 Å². The van der Waals surface area contributed by atoms with Crippen LogP contribution in [0.25, 0.3) is 0 Å². The van der Waals surface area contributed by atoms with Crippen LogP contribution < -0.4 is 0 Å². The molecule has 12 heavy (non-hydrogen) atoms. The Hall–Kier alpha value is -0.260. The number of rotatable bonds is 2. The molecule has 1 aliphatic carbocycles. The Balaban J connectivity index is 2.44. The lowest BCUT2D eigenvalue weighted by Gasteiger charge is -2.22. The van der Waals surface area contributed by atoms with Crippen molar-refractivity contribution < 1.29 is 0 Å². The van der Waals surface area contributed by atoms with Crippen LogP contribution in [0, 0.1) is 11.8 Å². The van der Waals surface area contributed by atoms with E-state index in [1.165, 1.54) is 32.1 Å². The van der Waals surface area contributed by atoms with Gasteiger partial charge in [-0.25, -0.2) is 0 Å². The molecule has 0 aliphatic heterocycles. The van der Waals surface area contributed by atoms with Crippen molar-refractivity contribution in [1.82, 2.24) is 0 Å². The average Bonchev–Trinajstić information content (AvgIpc) is 2.05. The van der Waals surface area contributed by atoms with Gasteiger partial charge >= 0.3 is 0 Å². The predicted molar refractivity (Wildman–Crippen MR) is 55.2 cm³/mol. The summed E-state index contributed by atoms with van der Waals surface area (Å²) in [6, 6.07) is 0. The number of allylic oxidation sites excluding steroid dienone is 2. The quantitative estimate of drug-likeness (QED) is 0.540. The van der Waals surface area contributed by atoms with E-state index >= 15 is 0 Å². The first-order valence-electron chi connectivity index (χ1n) is 5.38. The lowest BCUT2D eigenvalue weighted by molar-refractivity contribution is 0.401. The van der Waals surface area contributed by atoms with Gasteiger partial charge in [0.25, 0.3) is 0 Å². The van der Waals surface area contributed by atoms with Gasteiger partial charge in [-0.05, 0) is 31.6 Å². The molecule has 0 aromatic rings. The number of hydrogen-bond acceptors (Lipinski definition) is 0. The van der Waals surface area contributed by atoms with Crippen LogP contribution >= 0.6 is 0 Å². The summed E-state index contributed by atoms with van der Waals surface area (Å²) in [5, 5.41) is 0. The Morgan fingerprint density at radius 1 is 1.17 bits per heavy atom. The Morgan fingerprint density at radius 2 is 1.75 bits per heavy atom. The smallest absolute Gasteiger partial charge is 0.0206 e. The topological polar surface area (TPSA) is 0 Å². The van der Waals surface area contributed by atoms with E-state index in [1.807, 2.05) is 0 Å². The maximum absolute atomic E-state index is 2.44. The van der Waals surface area contributed by atoms with Crippen LogP contribution in [0.1, 0.15) is 52.9 Å². The second-order valence-electron chi connectivity index (χ2n) is 4.49. The standard InChI is InChI=1S/C12H22/c1-10(2)9-11(3)12-7-5-4-6-8-12/h9-10,12H,4-8H2,1-3H3/b11-9+. The fourth-order valence-electron chi connectivity index (χ4n) is 2.22. The summed E-state index contributed by atoms with van der Waals surface area (Å²) in [6.45, 7) is 6.86. The van der Waals surface area contributed by atoms with Crippen LogP contribution in [0.5, 0.6) is 0 Å². The Kier molecular flexibility index (Phi) is 3.84. The summed E-state index contributed by atoms with van der Waals surface area (Å²) in [7, 11) is 0. The van der Waals surface area contributed by atoms with E-state index in [0.29, 0.717) is 0 Å². The first-order valence-corrected chi connectivity index (χ1v) is 5.38. The van der Waals surface area contributed by atoms with Crippen molar-refractivity contribution in [2.45, 2.75) is 52.9 Å². The largest absolute Gasteiger partial charge is 0.0828 e. The summed E-state index contributed by atoms with van der Waals surface area (Å²) in [6.07, 6.45) is 9.69. The Bertz CT molecular complexity index is 147. The average molecular weight is 166 g/mol. The van der Waals surface area contributed by atoms with Crippen LogP contribution in [-0.2, 0) is 0 Å². The van der Waals surface area contributed by atoms with Crippen LogP contribution in [0.3, 0.4) is 0 Å². The highest BCUT2D eigenvalue weighted by Crippen LogP contribution is 2.29. The molecule has 0 N–H and O–H groups in total. The van der Waals surface area contributed by atoms with E-state index in [0.717, 1.165) is 11.8 Å². The Morgan fingerprint density at radius 3 is 2.25 bits per heavy atom. The molecule has 0 spiro atoms. The molecule has 70 valence electrons. The molecule has 1 saturated carbocycles. The molecule has 0 nitrogen and oxygen atoms in total. The maximum Gasteiger partial charge on any atom is -0.0206 e. The first kappa shape index (κ1) is 9.83. The Labute approximate surface area is 77.1 Å². The molecule has 0 unspecified atom stereocenters. The summed E-state index contributed by atoms with van der Waals surface area (Å²) >= 11 is 0. The van der Waals surface area contributed by atoms with Gasteiger partial charge in [-0.15, -0.1) is 0 Å². The third-order valence-corrected chi connectivity index (χ3v) is 2.85. The van der Waals surface area contributed by atoms with E-state index in [9.17, 15) is 0 Å².